The fourth-order valence-electron chi connectivity index (χ4n) is 3.87. The zero-order chi connectivity index (χ0) is 25.7. The van der Waals surface area contributed by atoms with Gasteiger partial charge in [0, 0.05) is 28.5 Å². The van der Waals surface area contributed by atoms with E-state index in [2.05, 4.69) is 24.1 Å². The third-order valence-corrected chi connectivity index (χ3v) is 5.48. The average Bonchev–Trinajstić information content (AvgIpc) is 2.88. The molecule has 1 aromatic heterocycles. The van der Waals surface area contributed by atoms with Crippen molar-refractivity contribution in [3.8, 4) is 5.75 Å². The number of para-hydroxylation sites is 2. The highest BCUT2D eigenvalue weighted by Crippen LogP contribution is 2.29. The molecular formula is C28H26N2O6. The Hall–Kier alpha value is -4.59. The summed E-state index contributed by atoms with van der Waals surface area (Å²) in [6.07, 6.45) is 0. The van der Waals surface area contributed by atoms with Crippen LogP contribution in [0.3, 0.4) is 0 Å². The molecule has 4 rings (SSSR count). The van der Waals surface area contributed by atoms with Gasteiger partial charge in [0.25, 0.3) is 5.91 Å². The first kappa shape index (κ1) is 24.5. The van der Waals surface area contributed by atoms with Crippen molar-refractivity contribution in [3.05, 3.63) is 94.8 Å². The van der Waals surface area contributed by atoms with E-state index in [1.54, 1.807) is 30.3 Å². The number of esters is 1. The van der Waals surface area contributed by atoms with Crippen molar-refractivity contribution < 1.29 is 23.5 Å². The number of ether oxygens (including phenoxy) is 2. The molecule has 1 heterocycles. The van der Waals surface area contributed by atoms with Gasteiger partial charge in [0.15, 0.2) is 17.9 Å². The van der Waals surface area contributed by atoms with Gasteiger partial charge in [-0.15, -0.1) is 0 Å². The molecule has 3 aromatic carbocycles. The Morgan fingerprint density at radius 2 is 1.64 bits per heavy atom. The number of hydrogen-bond donors (Lipinski definition) is 1. The fraction of sp³-hybridized carbons (Fsp3) is 0.179. The van der Waals surface area contributed by atoms with Crippen LogP contribution in [0.4, 0.5) is 17.1 Å². The number of nitrogens with zero attached hydrogens (tertiary/aromatic N) is 1. The van der Waals surface area contributed by atoms with E-state index in [-0.39, 0.29) is 17.2 Å². The van der Waals surface area contributed by atoms with Crippen molar-refractivity contribution in [2.45, 2.75) is 19.9 Å². The molecule has 0 aliphatic heterocycles. The highest BCUT2D eigenvalue weighted by molar-refractivity contribution is 5.97. The standard InChI is InChI=1S/C28H26N2O6/c1-18(2)30(21-9-5-4-6-10-21)22-14-12-20(13-15-22)29-25(31)17-35-27(32)23-16-19-8-7-11-24(34-3)26(19)36-28(23)33/h4-16,18H,17H2,1-3H3,(H,29,31). The Morgan fingerprint density at radius 3 is 2.31 bits per heavy atom. The molecule has 0 radical (unpaired) electrons. The van der Waals surface area contributed by atoms with Crippen molar-refractivity contribution >= 4 is 39.9 Å². The van der Waals surface area contributed by atoms with Gasteiger partial charge in [0.05, 0.1) is 7.11 Å². The van der Waals surface area contributed by atoms with Gasteiger partial charge in [-0.3, -0.25) is 4.79 Å². The zero-order valence-corrected chi connectivity index (χ0v) is 20.2. The van der Waals surface area contributed by atoms with Crippen LogP contribution < -0.4 is 20.6 Å². The maximum absolute atomic E-state index is 12.4. The van der Waals surface area contributed by atoms with E-state index in [1.165, 1.54) is 13.2 Å². The van der Waals surface area contributed by atoms with Crippen LogP contribution in [0.2, 0.25) is 0 Å². The van der Waals surface area contributed by atoms with Gasteiger partial charge < -0.3 is 24.1 Å². The van der Waals surface area contributed by atoms with Crippen LogP contribution in [0.25, 0.3) is 11.0 Å². The minimum absolute atomic E-state index is 0.223. The van der Waals surface area contributed by atoms with E-state index < -0.39 is 24.1 Å². The molecule has 0 saturated carbocycles. The van der Waals surface area contributed by atoms with Crippen molar-refractivity contribution in [1.82, 2.24) is 0 Å². The number of carbonyl (C=O) groups is 2. The van der Waals surface area contributed by atoms with Crippen LogP contribution in [0.15, 0.2) is 88.1 Å². The van der Waals surface area contributed by atoms with Crippen LogP contribution in [-0.2, 0) is 9.53 Å². The fourth-order valence-corrected chi connectivity index (χ4v) is 3.87. The molecule has 0 spiro atoms. The van der Waals surface area contributed by atoms with Gasteiger partial charge in [-0.1, -0.05) is 30.3 Å². The number of fused-ring (bicyclic) bond motifs is 1. The highest BCUT2D eigenvalue weighted by atomic mass is 16.5. The SMILES string of the molecule is COc1cccc2cc(C(=O)OCC(=O)Nc3ccc(N(c4ccccc4)C(C)C)cc3)c(=O)oc12. The van der Waals surface area contributed by atoms with Gasteiger partial charge in [0.1, 0.15) is 5.56 Å². The minimum Gasteiger partial charge on any atom is -0.493 e. The van der Waals surface area contributed by atoms with Crippen molar-refractivity contribution in [1.29, 1.82) is 0 Å². The van der Waals surface area contributed by atoms with E-state index in [0.717, 1.165) is 11.4 Å². The van der Waals surface area contributed by atoms with Gasteiger partial charge in [-0.2, -0.15) is 0 Å². The van der Waals surface area contributed by atoms with Gasteiger partial charge in [-0.05, 0) is 62.4 Å². The monoisotopic (exact) mass is 486 g/mol. The lowest BCUT2D eigenvalue weighted by Crippen LogP contribution is -2.25. The summed E-state index contributed by atoms with van der Waals surface area (Å²) in [4.78, 5) is 39.3. The lowest BCUT2D eigenvalue weighted by Gasteiger charge is -2.29. The molecule has 0 atom stereocenters. The maximum Gasteiger partial charge on any atom is 0.351 e. The summed E-state index contributed by atoms with van der Waals surface area (Å²) in [5, 5.41) is 3.19. The van der Waals surface area contributed by atoms with Crippen LogP contribution in [0, 0.1) is 0 Å². The van der Waals surface area contributed by atoms with Crippen LogP contribution in [-0.4, -0.2) is 31.6 Å². The Balaban J connectivity index is 1.39. The average molecular weight is 487 g/mol. The Morgan fingerprint density at radius 1 is 0.944 bits per heavy atom. The van der Waals surface area contributed by atoms with Gasteiger partial charge >= 0.3 is 11.6 Å². The Bertz CT molecular complexity index is 1430. The minimum atomic E-state index is -0.950. The summed E-state index contributed by atoms with van der Waals surface area (Å²) in [6.45, 7) is 3.64. The summed E-state index contributed by atoms with van der Waals surface area (Å²) in [7, 11) is 1.45. The maximum atomic E-state index is 12.4. The summed E-state index contributed by atoms with van der Waals surface area (Å²) < 4.78 is 15.4. The number of nitrogens with one attached hydrogen (secondary N) is 1. The molecule has 8 nitrogen and oxygen atoms in total. The van der Waals surface area contributed by atoms with Crippen LogP contribution in [0.5, 0.6) is 5.75 Å². The van der Waals surface area contributed by atoms with Crippen molar-refractivity contribution in [2.75, 3.05) is 23.9 Å². The number of carbonyl (C=O) groups excluding carboxylic acids is 2. The summed E-state index contributed by atoms with van der Waals surface area (Å²) in [6, 6.07) is 24.0. The lowest BCUT2D eigenvalue weighted by atomic mass is 10.2. The molecule has 1 amide bonds. The molecule has 0 bridgehead atoms. The van der Waals surface area contributed by atoms with E-state index >= 15 is 0 Å². The highest BCUT2D eigenvalue weighted by Gasteiger charge is 2.18. The third kappa shape index (κ3) is 5.38. The zero-order valence-electron chi connectivity index (χ0n) is 20.2. The second-order valence-corrected chi connectivity index (χ2v) is 8.30. The Kier molecular flexibility index (Phi) is 7.34. The molecule has 0 fully saturated rings. The van der Waals surface area contributed by atoms with Gasteiger partial charge in [0.2, 0.25) is 0 Å². The summed E-state index contributed by atoms with van der Waals surface area (Å²) in [5.74, 6) is -1.11. The van der Waals surface area contributed by atoms with Crippen LogP contribution in [0.1, 0.15) is 24.2 Å². The lowest BCUT2D eigenvalue weighted by molar-refractivity contribution is -0.119. The first-order valence-corrected chi connectivity index (χ1v) is 11.4. The molecule has 1 N–H and O–H groups in total. The third-order valence-electron chi connectivity index (χ3n) is 5.48. The predicted molar refractivity (Wildman–Crippen MR) is 138 cm³/mol. The number of rotatable bonds is 8. The molecule has 184 valence electrons. The molecule has 0 saturated heterocycles. The van der Waals surface area contributed by atoms with E-state index in [9.17, 15) is 14.4 Å². The molecular weight excluding hydrogens is 460 g/mol. The second-order valence-electron chi connectivity index (χ2n) is 8.30. The quantitative estimate of drug-likeness (QED) is 0.272. The first-order valence-electron chi connectivity index (χ1n) is 11.4. The number of hydrogen-bond acceptors (Lipinski definition) is 7. The molecule has 0 unspecified atom stereocenters. The summed E-state index contributed by atoms with van der Waals surface area (Å²) >= 11 is 0. The molecule has 8 heteroatoms. The molecule has 4 aromatic rings. The normalized spacial score (nSPS) is 10.8. The number of anilines is 3. The number of methoxy groups -OCH3 is 1. The Labute approximate surface area is 208 Å². The summed E-state index contributed by atoms with van der Waals surface area (Å²) in [5.41, 5.74) is 1.64. The smallest absolute Gasteiger partial charge is 0.351 e. The van der Waals surface area contributed by atoms with E-state index in [1.807, 2.05) is 42.5 Å². The molecule has 0 aliphatic carbocycles. The number of amides is 1. The molecule has 36 heavy (non-hydrogen) atoms. The largest absolute Gasteiger partial charge is 0.493 e. The van der Waals surface area contributed by atoms with Crippen LogP contribution >= 0.6 is 0 Å². The molecule has 0 aliphatic rings. The van der Waals surface area contributed by atoms with Crippen molar-refractivity contribution in [2.24, 2.45) is 0 Å². The van der Waals surface area contributed by atoms with E-state index in [4.69, 9.17) is 13.9 Å². The first-order chi connectivity index (χ1) is 17.4. The van der Waals surface area contributed by atoms with E-state index in [0.29, 0.717) is 16.8 Å². The predicted octanol–water partition coefficient (Wildman–Crippen LogP) is 5.14. The van der Waals surface area contributed by atoms with Crippen molar-refractivity contribution in [3.63, 3.8) is 0 Å². The van der Waals surface area contributed by atoms with Gasteiger partial charge in [-0.25, -0.2) is 9.59 Å². The number of benzene rings is 3. The second kappa shape index (κ2) is 10.8. The topological polar surface area (TPSA) is 98.1 Å².